The Hall–Kier alpha value is -2.25. The fourth-order valence-corrected chi connectivity index (χ4v) is 1.92. The van der Waals surface area contributed by atoms with Gasteiger partial charge in [0.25, 0.3) is 0 Å². The van der Waals surface area contributed by atoms with Crippen molar-refractivity contribution >= 4 is 5.97 Å². The van der Waals surface area contributed by atoms with E-state index in [2.05, 4.69) is 10.2 Å². The number of hydrogen-bond acceptors (Lipinski definition) is 6. The maximum atomic E-state index is 11.6. The van der Waals surface area contributed by atoms with E-state index in [0.29, 0.717) is 5.69 Å². The zero-order chi connectivity index (χ0) is 13.4. The highest BCUT2D eigenvalue weighted by atomic mass is 16.6. The van der Waals surface area contributed by atoms with E-state index in [1.54, 1.807) is 12.1 Å². The fourth-order valence-electron chi connectivity index (χ4n) is 1.92. The van der Waals surface area contributed by atoms with Crippen LogP contribution < -0.4 is 0 Å². The van der Waals surface area contributed by atoms with Crippen LogP contribution in [0.4, 0.5) is 0 Å². The summed E-state index contributed by atoms with van der Waals surface area (Å²) in [4.78, 5) is 12.9. The van der Waals surface area contributed by atoms with Crippen molar-refractivity contribution in [2.24, 2.45) is 0 Å². The van der Waals surface area contributed by atoms with Gasteiger partial charge in [-0.25, -0.2) is 4.79 Å². The van der Waals surface area contributed by atoms with Gasteiger partial charge in [0.05, 0.1) is 12.3 Å². The summed E-state index contributed by atoms with van der Waals surface area (Å²) in [6.07, 6.45) is -2.17. The van der Waals surface area contributed by atoms with Gasteiger partial charge in [0.1, 0.15) is 11.8 Å². The summed E-state index contributed by atoms with van der Waals surface area (Å²) in [6, 6.07) is 9.08. The number of aliphatic hydroxyl groups excluding tert-OH is 2. The third-order valence-electron chi connectivity index (χ3n) is 2.86. The van der Waals surface area contributed by atoms with Crippen molar-refractivity contribution in [2.45, 2.75) is 12.2 Å². The molecule has 0 spiro atoms. The van der Waals surface area contributed by atoms with Gasteiger partial charge < -0.3 is 14.9 Å². The fraction of sp³-hybridized carbons (Fsp3) is 0.250. The van der Waals surface area contributed by atoms with Gasteiger partial charge in [0.15, 0.2) is 11.8 Å². The number of hydrogen-bond donors (Lipinski definition) is 2. The van der Waals surface area contributed by atoms with Crippen LogP contribution in [0.25, 0.3) is 5.69 Å². The van der Waals surface area contributed by atoms with Gasteiger partial charge in [-0.1, -0.05) is 18.2 Å². The summed E-state index contributed by atoms with van der Waals surface area (Å²) in [6.45, 7) is -0.518. The molecule has 0 amide bonds. The molecule has 7 heteroatoms. The maximum absolute atomic E-state index is 11.6. The number of aromatic nitrogens is 3. The van der Waals surface area contributed by atoms with Crippen LogP contribution in [0.1, 0.15) is 22.3 Å². The highest BCUT2D eigenvalue weighted by Crippen LogP contribution is 2.30. The van der Waals surface area contributed by atoms with Crippen LogP contribution in [0.5, 0.6) is 0 Å². The van der Waals surface area contributed by atoms with Crippen molar-refractivity contribution in [3.8, 4) is 5.69 Å². The zero-order valence-corrected chi connectivity index (χ0v) is 9.80. The summed E-state index contributed by atoms with van der Waals surface area (Å²) < 4.78 is 4.93. The number of ether oxygens (including phenoxy) is 1. The molecule has 1 aliphatic rings. The van der Waals surface area contributed by atoms with Crippen molar-refractivity contribution in [2.75, 3.05) is 6.61 Å². The van der Waals surface area contributed by atoms with Crippen LogP contribution in [0.3, 0.4) is 0 Å². The Balaban J connectivity index is 2.02. The SMILES string of the molecule is O=C1OC(C(O)CO)c2nn(-c3ccccc3)nc21. The van der Waals surface area contributed by atoms with Crippen molar-refractivity contribution in [3.05, 3.63) is 41.7 Å². The molecule has 0 aliphatic carbocycles. The van der Waals surface area contributed by atoms with Crippen LogP contribution >= 0.6 is 0 Å². The first kappa shape index (κ1) is 11.8. The molecule has 2 N–H and O–H groups in total. The normalized spacial score (nSPS) is 19.1. The first-order valence-electron chi connectivity index (χ1n) is 5.73. The Morgan fingerprint density at radius 3 is 2.74 bits per heavy atom. The molecule has 7 nitrogen and oxygen atoms in total. The lowest BCUT2D eigenvalue weighted by Gasteiger charge is -2.13. The highest BCUT2D eigenvalue weighted by molar-refractivity contribution is 5.91. The number of nitrogens with zero attached hydrogens (tertiary/aromatic N) is 3. The van der Waals surface area contributed by atoms with Gasteiger partial charge in [-0.3, -0.25) is 0 Å². The summed E-state index contributed by atoms with van der Waals surface area (Å²) in [5.74, 6) is -0.644. The number of para-hydroxylation sites is 1. The molecule has 0 saturated heterocycles. The predicted octanol–water partition coefficient (Wildman–Crippen LogP) is -0.168. The van der Waals surface area contributed by atoms with Crippen molar-refractivity contribution in [1.29, 1.82) is 0 Å². The minimum Gasteiger partial charge on any atom is -0.448 e. The van der Waals surface area contributed by atoms with Crippen LogP contribution in [0, 0.1) is 0 Å². The molecule has 19 heavy (non-hydrogen) atoms. The Bertz CT molecular complexity index is 611. The lowest BCUT2D eigenvalue weighted by atomic mass is 10.1. The van der Waals surface area contributed by atoms with Crippen LogP contribution in [0.2, 0.25) is 0 Å². The van der Waals surface area contributed by atoms with E-state index in [0.717, 1.165) is 0 Å². The smallest absolute Gasteiger partial charge is 0.361 e. The number of carbonyl (C=O) groups is 1. The maximum Gasteiger partial charge on any atom is 0.361 e. The average Bonchev–Trinajstić information content (AvgIpc) is 3.00. The summed E-state index contributed by atoms with van der Waals surface area (Å²) in [7, 11) is 0. The Labute approximate surface area is 108 Å². The van der Waals surface area contributed by atoms with E-state index >= 15 is 0 Å². The van der Waals surface area contributed by atoms with Crippen LogP contribution in [0.15, 0.2) is 30.3 Å². The first-order chi connectivity index (χ1) is 9.20. The molecule has 0 radical (unpaired) electrons. The van der Waals surface area contributed by atoms with E-state index in [-0.39, 0.29) is 11.4 Å². The van der Waals surface area contributed by atoms with E-state index < -0.39 is 24.8 Å². The lowest BCUT2D eigenvalue weighted by molar-refractivity contribution is -0.0315. The lowest BCUT2D eigenvalue weighted by Crippen LogP contribution is -2.23. The summed E-state index contributed by atoms with van der Waals surface area (Å²) >= 11 is 0. The molecule has 0 saturated carbocycles. The number of cyclic esters (lactones) is 1. The molecule has 2 unspecified atom stereocenters. The average molecular weight is 261 g/mol. The van der Waals surface area contributed by atoms with Gasteiger partial charge in [-0.2, -0.15) is 4.80 Å². The molecule has 1 aliphatic heterocycles. The highest BCUT2D eigenvalue weighted by Gasteiger charge is 2.40. The molecule has 1 aromatic heterocycles. The van der Waals surface area contributed by atoms with Crippen LogP contribution in [-0.2, 0) is 4.74 Å². The number of rotatable bonds is 3. The molecular weight excluding hydrogens is 250 g/mol. The van der Waals surface area contributed by atoms with Crippen LogP contribution in [-0.4, -0.2) is 43.9 Å². The second kappa shape index (κ2) is 4.45. The standard InChI is InChI=1S/C12H11N3O4/c16-6-8(17)11-9-10(12(18)19-11)14-15(13-9)7-4-2-1-3-5-7/h1-5,8,11,16-17H,6H2. The topological polar surface area (TPSA) is 97.5 Å². The number of esters is 1. The third kappa shape index (κ3) is 1.88. The van der Waals surface area contributed by atoms with Gasteiger partial charge >= 0.3 is 5.97 Å². The van der Waals surface area contributed by atoms with E-state index in [9.17, 15) is 9.90 Å². The van der Waals surface area contributed by atoms with Gasteiger partial charge in [0, 0.05) is 0 Å². The minimum absolute atomic E-state index is 0.0707. The van der Waals surface area contributed by atoms with E-state index in [1.807, 2.05) is 18.2 Å². The molecule has 3 rings (SSSR count). The molecule has 0 bridgehead atoms. The minimum atomic E-state index is -1.20. The zero-order valence-electron chi connectivity index (χ0n) is 9.80. The number of aliphatic hydroxyl groups is 2. The molecule has 2 aromatic rings. The first-order valence-corrected chi connectivity index (χ1v) is 5.73. The Morgan fingerprint density at radius 1 is 1.32 bits per heavy atom. The number of carbonyl (C=O) groups excluding carboxylic acids is 1. The number of benzene rings is 1. The second-order valence-corrected chi connectivity index (χ2v) is 4.13. The van der Waals surface area contributed by atoms with Crippen molar-refractivity contribution in [1.82, 2.24) is 15.0 Å². The summed E-state index contributed by atoms with van der Waals surface area (Å²) in [5.41, 5.74) is 1.01. The molecule has 0 fully saturated rings. The van der Waals surface area contributed by atoms with Gasteiger partial charge in [-0.05, 0) is 12.1 Å². The van der Waals surface area contributed by atoms with Crippen molar-refractivity contribution < 1.29 is 19.7 Å². The largest absolute Gasteiger partial charge is 0.448 e. The summed E-state index contributed by atoms with van der Waals surface area (Å²) in [5, 5.41) is 26.7. The molecule has 2 atom stereocenters. The molecular formula is C12H11N3O4. The third-order valence-corrected chi connectivity index (χ3v) is 2.86. The number of fused-ring (bicyclic) bond motifs is 1. The molecule has 98 valence electrons. The molecule has 2 heterocycles. The predicted molar refractivity (Wildman–Crippen MR) is 62.6 cm³/mol. The molecule has 1 aromatic carbocycles. The van der Waals surface area contributed by atoms with Gasteiger partial charge in [-0.15, -0.1) is 10.2 Å². The van der Waals surface area contributed by atoms with E-state index in [1.165, 1.54) is 4.80 Å². The van der Waals surface area contributed by atoms with E-state index in [4.69, 9.17) is 9.84 Å². The second-order valence-electron chi connectivity index (χ2n) is 4.13. The monoisotopic (exact) mass is 261 g/mol. The Morgan fingerprint density at radius 2 is 2.05 bits per heavy atom. The Kier molecular flexibility index (Phi) is 2.77. The quantitative estimate of drug-likeness (QED) is 0.745. The van der Waals surface area contributed by atoms with Crippen molar-refractivity contribution in [3.63, 3.8) is 0 Å². The van der Waals surface area contributed by atoms with Gasteiger partial charge in [0.2, 0.25) is 0 Å².